The third-order valence-electron chi connectivity index (χ3n) is 5.10. The molecule has 0 radical (unpaired) electrons. The maximum absolute atomic E-state index is 5.50. The molecule has 0 aliphatic carbocycles. The summed E-state index contributed by atoms with van der Waals surface area (Å²) in [5.41, 5.74) is 4.21. The first kappa shape index (κ1) is 22.5. The number of rotatable bonds is 8. The van der Waals surface area contributed by atoms with Crippen LogP contribution >= 0.6 is 11.9 Å². The molecule has 0 aliphatic heterocycles. The van der Waals surface area contributed by atoms with Gasteiger partial charge < -0.3 is 24.2 Å². The molecule has 2 aromatic heterocycles. The van der Waals surface area contributed by atoms with Crippen LogP contribution in [-0.2, 0) is 0 Å². The standard InChI is InChI=1S/C23H26N6O3S/c1-13-20-23(25-17-11-18(30-3)21(32-5)19(12-17)31-4)26-22(27-29(20)14(2)24-13)15-8-7-9-16(10-15)28-33-6/h7-12,28H,1-6H3,(H,25,26,27). The number of aryl methyl sites for hydroxylation is 2. The van der Waals surface area contributed by atoms with E-state index in [1.807, 2.05) is 61.0 Å². The Hall–Kier alpha value is -3.66. The summed E-state index contributed by atoms with van der Waals surface area (Å²) in [6.45, 7) is 3.86. The highest BCUT2D eigenvalue weighted by Gasteiger charge is 2.18. The van der Waals surface area contributed by atoms with Crippen LogP contribution in [0.5, 0.6) is 17.2 Å². The fraction of sp³-hybridized carbons (Fsp3) is 0.261. The van der Waals surface area contributed by atoms with Gasteiger partial charge in [-0.1, -0.05) is 24.1 Å². The van der Waals surface area contributed by atoms with Gasteiger partial charge in [-0.15, -0.1) is 5.10 Å². The van der Waals surface area contributed by atoms with Crippen molar-refractivity contribution in [2.24, 2.45) is 0 Å². The number of imidazole rings is 1. The van der Waals surface area contributed by atoms with Gasteiger partial charge in [0.15, 0.2) is 23.1 Å². The maximum Gasteiger partial charge on any atom is 0.203 e. The van der Waals surface area contributed by atoms with Gasteiger partial charge in [-0.25, -0.2) is 14.5 Å². The highest BCUT2D eigenvalue weighted by atomic mass is 32.2. The highest BCUT2D eigenvalue weighted by molar-refractivity contribution is 7.99. The van der Waals surface area contributed by atoms with E-state index in [-0.39, 0.29) is 0 Å². The van der Waals surface area contributed by atoms with E-state index in [9.17, 15) is 0 Å². The van der Waals surface area contributed by atoms with Crippen molar-refractivity contribution in [2.75, 3.05) is 37.6 Å². The second-order valence-corrected chi connectivity index (χ2v) is 7.83. The number of fused-ring (bicyclic) bond motifs is 1. The number of nitrogens with one attached hydrogen (secondary N) is 2. The first-order chi connectivity index (χ1) is 16.0. The molecule has 9 nitrogen and oxygen atoms in total. The van der Waals surface area contributed by atoms with E-state index in [4.69, 9.17) is 24.3 Å². The fourth-order valence-corrected chi connectivity index (χ4v) is 4.03. The zero-order chi connectivity index (χ0) is 23.5. The smallest absolute Gasteiger partial charge is 0.203 e. The molecule has 0 amide bonds. The Labute approximate surface area is 196 Å². The molecule has 0 saturated heterocycles. The van der Waals surface area contributed by atoms with Gasteiger partial charge in [0, 0.05) is 35.3 Å². The van der Waals surface area contributed by atoms with E-state index in [2.05, 4.69) is 15.0 Å². The Bertz CT molecular complexity index is 1280. The van der Waals surface area contributed by atoms with Crippen molar-refractivity contribution >= 4 is 34.7 Å². The lowest BCUT2D eigenvalue weighted by molar-refractivity contribution is 0.324. The molecule has 2 aromatic carbocycles. The summed E-state index contributed by atoms with van der Waals surface area (Å²) in [7, 11) is 4.75. The molecule has 172 valence electrons. The summed E-state index contributed by atoms with van der Waals surface area (Å²) in [5, 5.41) is 8.17. The maximum atomic E-state index is 5.50. The monoisotopic (exact) mass is 466 g/mol. The molecule has 4 aromatic rings. The number of nitrogens with zero attached hydrogens (tertiary/aromatic N) is 4. The molecule has 2 N–H and O–H groups in total. The fourth-order valence-electron chi connectivity index (χ4n) is 3.67. The molecule has 0 unspecified atom stereocenters. The van der Waals surface area contributed by atoms with Crippen molar-refractivity contribution in [3.05, 3.63) is 47.9 Å². The first-order valence-corrected chi connectivity index (χ1v) is 11.4. The van der Waals surface area contributed by atoms with E-state index >= 15 is 0 Å². The van der Waals surface area contributed by atoms with Crippen molar-refractivity contribution in [3.8, 4) is 28.6 Å². The second-order valence-electron chi connectivity index (χ2n) is 7.21. The van der Waals surface area contributed by atoms with Crippen molar-refractivity contribution in [1.29, 1.82) is 0 Å². The minimum absolute atomic E-state index is 0.522. The molecule has 10 heteroatoms. The van der Waals surface area contributed by atoms with Crippen LogP contribution in [-0.4, -0.2) is 47.2 Å². The van der Waals surface area contributed by atoms with Gasteiger partial charge in [-0.3, -0.25) is 0 Å². The summed E-state index contributed by atoms with van der Waals surface area (Å²) in [6, 6.07) is 11.6. The van der Waals surface area contributed by atoms with Gasteiger partial charge in [-0.2, -0.15) is 0 Å². The molecule has 0 fully saturated rings. The Morgan fingerprint density at radius 2 is 1.64 bits per heavy atom. The predicted molar refractivity (Wildman–Crippen MR) is 132 cm³/mol. The zero-order valence-corrected chi connectivity index (χ0v) is 20.2. The minimum Gasteiger partial charge on any atom is -0.493 e. The lowest BCUT2D eigenvalue weighted by Crippen LogP contribution is -2.06. The van der Waals surface area contributed by atoms with E-state index in [1.54, 1.807) is 21.3 Å². The lowest BCUT2D eigenvalue weighted by atomic mass is 10.2. The van der Waals surface area contributed by atoms with Gasteiger partial charge in [0.05, 0.1) is 27.0 Å². The quantitative estimate of drug-likeness (QED) is 0.353. The Morgan fingerprint density at radius 3 is 2.27 bits per heavy atom. The molecular weight excluding hydrogens is 440 g/mol. The molecular formula is C23H26N6O3S. The van der Waals surface area contributed by atoms with Gasteiger partial charge >= 0.3 is 0 Å². The normalized spacial score (nSPS) is 10.8. The summed E-state index contributed by atoms with van der Waals surface area (Å²) in [6.07, 6.45) is 1.98. The number of aromatic nitrogens is 4. The lowest BCUT2D eigenvalue weighted by Gasteiger charge is -2.16. The zero-order valence-electron chi connectivity index (χ0n) is 19.4. The average molecular weight is 467 g/mol. The van der Waals surface area contributed by atoms with Crippen molar-refractivity contribution in [3.63, 3.8) is 0 Å². The summed E-state index contributed by atoms with van der Waals surface area (Å²) < 4.78 is 21.5. The van der Waals surface area contributed by atoms with Crippen LogP contribution in [0, 0.1) is 13.8 Å². The van der Waals surface area contributed by atoms with E-state index in [1.165, 1.54) is 11.9 Å². The number of methoxy groups -OCH3 is 3. The third kappa shape index (κ3) is 4.34. The SMILES string of the molecule is COc1cc(Nc2nc(-c3cccc(NSC)c3)nn3c(C)nc(C)c23)cc(OC)c1OC. The van der Waals surface area contributed by atoms with E-state index in [0.717, 1.165) is 34.0 Å². The molecule has 33 heavy (non-hydrogen) atoms. The van der Waals surface area contributed by atoms with Gasteiger partial charge in [0.2, 0.25) is 5.75 Å². The Kier molecular flexibility index (Phi) is 6.45. The molecule has 0 aliphatic rings. The van der Waals surface area contributed by atoms with Gasteiger partial charge in [-0.05, 0) is 26.0 Å². The number of anilines is 3. The van der Waals surface area contributed by atoms with Crippen LogP contribution in [0.3, 0.4) is 0 Å². The highest BCUT2D eigenvalue weighted by Crippen LogP contribution is 2.41. The van der Waals surface area contributed by atoms with Crippen LogP contribution in [0.15, 0.2) is 36.4 Å². The number of ether oxygens (including phenoxy) is 3. The Balaban J connectivity index is 1.86. The molecule has 0 atom stereocenters. The number of hydrogen-bond acceptors (Lipinski definition) is 9. The molecule has 0 spiro atoms. The molecule has 0 saturated carbocycles. The van der Waals surface area contributed by atoms with Crippen LogP contribution in [0.4, 0.5) is 17.2 Å². The average Bonchev–Trinajstić information content (AvgIpc) is 3.12. The van der Waals surface area contributed by atoms with E-state index in [0.29, 0.717) is 28.9 Å². The first-order valence-electron chi connectivity index (χ1n) is 10.2. The van der Waals surface area contributed by atoms with Crippen molar-refractivity contribution < 1.29 is 14.2 Å². The van der Waals surface area contributed by atoms with Crippen LogP contribution < -0.4 is 24.2 Å². The number of hydrogen-bond donors (Lipinski definition) is 2. The molecule has 0 bridgehead atoms. The van der Waals surface area contributed by atoms with Crippen LogP contribution in [0.25, 0.3) is 16.9 Å². The van der Waals surface area contributed by atoms with Crippen LogP contribution in [0.2, 0.25) is 0 Å². The summed E-state index contributed by atoms with van der Waals surface area (Å²) in [4.78, 5) is 9.47. The third-order valence-corrected chi connectivity index (χ3v) is 5.54. The molecule has 4 rings (SSSR count). The second kappa shape index (κ2) is 9.45. The van der Waals surface area contributed by atoms with Crippen molar-refractivity contribution in [2.45, 2.75) is 13.8 Å². The topological polar surface area (TPSA) is 94.8 Å². The summed E-state index contributed by atoms with van der Waals surface area (Å²) >= 11 is 1.53. The molecule has 2 heterocycles. The predicted octanol–water partition coefficient (Wildman–Crippen LogP) is 4.87. The Morgan fingerprint density at radius 1 is 0.909 bits per heavy atom. The van der Waals surface area contributed by atoms with Crippen LogP contribution in [0.1, 0.15) is 11.5 Å². The van der Waals surface area contributed by atoms with Gasteiger partial charge in [0.25, 0.3) is 0 Å². The van der Waals surface area contributed by atoms with E-state index < -0.39 is 0 Å². The number of benzene rings is 2. The largest absolute Gasteiger partial charge is 0.493 e. The minimum atomic E-state index is 0.522. The summed E-state index contributed by atoms with van der Waals surface area (Å²) in [5.74, 6) is 3.58. The van der Waals surface area contributed by atoms with Gasteiger partial charge in [0.1, 0.15) is 11.3 Å². The van der Waals surface area contributed by atoms with Crippen molar-refractivity contribution in [1.82, 2.24) is 19.6 Å².